The summed E-state index contributed by atoms with van der Waals surface area (Å²) in [6.07, 6.45) is 73.4. The van der Waals surface area contributed by atoms with Crippen LogP contribution in [0.1, 0.15) is 290 Å². The molecule has 0 aliphatic rings. The Morgan fingerprint density at radius 2 is 0.594 bits per heavy atom. The molecule has 0 aromatic carbocycles. The number of unbranched alkanes of at least 4 members (excludes halogenated alkanes) is 30. The van der Waals surface area contributed by atoms with E-state index in [4.69, 9.17) is 14.2 Å². The van der Waals surface area contributed by atoms with Crippen LogP contribution in [-0.2, 0) is 28.6 Å². The highest BCUT2D eigenvalue weighted by atomic mass is 16.6. The Bertz CT molecular complexity index is 1290. The SMILES string of the molecule is CC/C=C\C/C=C\C/C=C\C/C=C\CCCCC(=O)OC(COC(=O)CCCCCCC/C=C\C/C=C\CCC)COC(=O)CCCCCCCCCCCCCCCCCCCCCCCCC. The molecule has 0 radical (unpaired) electrons. The van der Waals surface area contributed by atoms with Crippen molar-refractivity contribution < 1.29 is 28.6 Å². The van der Waals surface area contributed by atoms with Gasteiger partial charge in [0.15, 0.2) is 6.10 Å². The number of carbonyl (C=O) groups excluding carboxylic acids is 3. The standard InChI is InChI=1S/C63H110O6/c1-4-7-10-13-16-19-22-25-27-28-29-30-31-32-33-34-36-38-41-44-47-50-53-56-62(65)68-59-60(58-67-61(64)55-52-49-46-43-40-37-24-21-18-15-12-9-6-3)69-63(66)57-54-51-48-45-42-39-35-26-23-20-17-14-11-8-5-2/h8,11-12,15,17,20-21,24,26,35,42,45,60H,4-7,9-10,13-14,16,18-19,22-23,25,27-34,36-41,43-44,46-59H2,1-3H3/b11-8-,15-12-,20-17-,24-21-,35-26-,45-42-. The minimum Gasteiger partial charge on any atom is -0.462 e. The fourth-order valence-electron chi connectivity index (χ4n) is 8.30. The van der Waals surface area contributed by atoms with Gasteiger partial charge in [0.05, 0.1) is 0 Å². The molecule has 6 heteroatoms. The van der Waals surface area contributed by atoms with E-state index in [2.05, 4.69) is 93.7 Å². The van der Waals surface area contributed by atoms with Crippen LogP contribution in [0.4, 0.5) is 0 Å². The first-order valence-corrected chi connectivity index (χ1v) is 29.4. The van der Waals surface area contributed by atoms with Gasteiger partial charge in [0, 0.05) is 19.3 Å². The summed E-state index contributed by atoms with van der Waals surface area (Å²) in [6.45, 7) is 6.44. The van der Waals surface area contributed by atoms with Gasteiger partial charge in [-0.15, -0.1) is 0 Å². The maximum Gasteiger partial charge on any atom is 0.306 e. The molecule has 0 aliphatic heterocycles. The Morgan fingerprint density at radius 3 is 0.971 bits per heavy atom. The third-order valence-electron chi connectivity index (χ3n) is 12.7. The molecule has 0 spiro atoms. The van der Waals surface area contributed by atoms with E-state index < -0.39 is 6.10 Å². The van der Waals surface area contributed by atoms with E-state index in [0.29, 0.717) is 19.3 Å². The fourth-order valence-corrected chi connectivity index (χ4v) is 8.30. The number of carbonyl (C=O) groups is 3. The second-order valence-electron chi connectivity index (χ2n) is 19.5. The van der Waals surface area contributed by atoms with E-state index >= 15 is 0 Å². The largest absolute Gasteiger partial charge is 0.462 e. The molecule has 0 amide bonds. The molecule has 1 atom stereocenters. The lowest BCUT2D eigenvalue weighted by molar-refractivity contribution is -0.167. The monoisotopic (exact) mass is 963 g/mol. The number of rotatable bonds is 53. The van der Waals surface area contributed by atoms with Crippen molar-refractivity contribution in [2.75, 3.05) is 13.2 Å². The van der Waals surface area contributed by atoms with Crippen molar-refractivity contribution in [2.45, 2.75) is 297 Å². The van der Waals surface area contributed by atoms with Crippen molar-refractivity contribution in [3.05, 3.63) is 72.9 Å². The first kappa shape index (κ1) is 65.8. The first-order chi connectivity index (χ1) is 34.0. The Kier molecular flexibility index (Phi) is 54.8. The van der Waals surface area contributed by atoms with E-state index in [9.17, 15) is 14.4 Å². The number of esters is 3. The molecule has 6 nitrogen and oxygen atoms in total. The summed E-state index contributed by atoms with van der Waals surface area (Å²) >= 11 is 0. The summed E-state index contributed by atoms with van der Waals surface area (Å²) in [6, 6.07) is 0. The smallest absolute Gasteiger partial charge is 0.306 e. The molecule has 398 valence electrons. The third-order valence-corrected chi connectivity index (χ3v) is 12.7. The summed E-state index contributed by atoms with van der Waals surface area (Å²) in [5.74, 6) is -0.942. The molecular weight excluding hydrogens is 853 g/mol. The molecule has 0 saturated carbocycles. The molecule has 0 N–H and O–H groups in total. The van der Waals surface area contributed by atoms with Gasteiger partial charge in [0.25, 0.3) is 0 Å². The van der Waals surface area contributed by atoms with Crippen molar-refractivity contribution >= 4 is 17.9 Å². The van der Waals surface area contributed by atoms with Crippen LogP contribution in [-0.4, -0.2) is 37.2 Å². The highest BCUT2D eigenvalue weighted by Gasteiger charge is 2.19. The van der Waals surface area contributed by atoms with Gasteiger partial charge in [-0.2, -0.15) is 0 Å². The van der Waals surface area contributed by atoms with E-state index in [0.717, 1.165) is 109 Å². The number of hydrogen-bond donors (Lipinski definition) is 0. The molecule has 1 unspecified atom stereocenters. The first-order valence-electron chi connectivity index (χ1n) is 29.4. The molecule has 0 bridgehead atoms. The third kappa shape index (κ3) is 55.6. The van der Waals surface area contributed by atoms with E-state index in [1.54, 1.807) is 0 Å². The zero-order valence-corrected chi connectivity index (χ0v) is 45.6. The van der Waals surface area contributed by atoms with Crippen LogP contribution in [0, 0.1) is 0 Å². The van der Waals surface area contributed by atoms with Gasteiger partial charge in [0.1, 0.15) is 13.2 Å². The van der Waals surface area contributed by atoms with Crippen LogP contribution in [0.15, 0.2) is 72.9 Å². The lowest BCUT2D eigenvalue weighted by atomic mass is 10.0. The van der Waals surface area contributed by atoms with Crippen molar-refractivity contribution in [3.8, 4) is 0 Å². The summed E-state index contributed by atoms with van der Waals surface area (Å²) in [5.41, 5.74) is 0. The molecule has 0 aliphatic carbocycles. The van der Waals surface area contributed by atoms with Gasteiger partial charge in [-0.3, -0.25) is 14.4 Å². The van der Waals surface area contributed by atoms with Crippen molar-refractivity contribution in [3.63, 3.8) is 0 Å². The molecule has 0 rings (SSSR count). The minimum atomic E-state index is -0.802. The quantitative estimate of drug-likeness (QED) is 0.0262. The topological polar surface area (TPSA) is 78.9 Å². The second kappa shape index (κ2) is 57.4. The van der Waals surface area contributed by atoms with Gasteiger partial charge in [-0.25, -0.2) is 0 Å². The number of ether oxygens (including phenoxy) is 3. The van der Waals surface area contributed by atoms with Gasteiger partial charge < -0.3 is 14.2 Å². The van der Waals surface area contributed by atoms with Crippen LogP contribution in [0.25, 0.3) is 0 Å². The minimum absolute atomic E-state index is 0.0946. The molecule has 0 aromatic rings. The summed E-state index contributed by atoms with van der Waals surface area (Å²) < 4.78 is 16.8. The average Bonchev–Trinajstić information content (AvgIpc) is 3.35. The average molecular weight is 964 g/mol. The predicted molar refractivity (Wildman–Crippen MR) is 298 cm³/mol. The van der Waals surface area contributed by atoms with Crippen LogP contribution in [0.2, 0.25) is 0 Å². The number of allylic oxidation sites excluding steroid dienone is 12. The normalized spacial score (nSPS) is 12.6. The highest BCUT2D eigenvalue weighted by Crippen LogP contribution is 2.17. The van der Waals surface area contributed by atoms with E-state index in [-0.39, 0.29) is 37.5 Å². The van der Waals surface area contributed by atoms with Crippen molar-refractivity contribution in [1.29, 1.82) is 0 Å². The van der Waals surface area contributed by atoms with Crippen LogP contribution in [0.3, 0.4) is 0 Å². The Labute approximate surface area is 427 Å². The van der Waals surface area contributed by atoms with Crippen molar-refractivity contribution in [2.24, 2.45) is 0 Å². The Morgan fingerprint density at radius 1 is 0.304 bits per heavy atom. The van der Waals surface area contributed by atoms with E-state index in [1.807, 2.05) is 0 Å². The predicted octanol–water partition coefficient (Wildman–Crippen LogP) is 19.8. The molecule has 0 saturated heterocycles. The maximum absolute atomic E-state index is 12.8. The van der Waals surface area contributed by atoms with Crippen LogP contribution >= 0.6 is 0 Å². The van der Waals surface area contributed by atoms with Crippen LogP contribution < -0.4 is 0 Å². The van der Waals surface area contributed by atoms with Crippen molar-refractivity contribution in [1.82, 2.24) is 0 Å². The number of hydrogen-bond acceptors (Lipinski definition) is 6. The summed E-state index contributed by atoms with van der Waals surface area (Å²) in [7, 11) is 0. The Hall–Kier alpha value is -3.15. The molecule has 0 heterocycles. The highest BCUT2D eigenvalue weighted by molar-refractivity contribution is 5.71. The Balaban J connectivity index is 4.32. The van der Waals surface area contributed by atoms with E-state index in [1.165, 1.54) is 135 Å². The van der Waals surface area contributed by atoms with Gasteiger partial charge in [0.2, 0.25) is 0 Å². The van der Waals surface area contributed by atoms with Gasteiger partial charge in [-0.1, -0.05) is 261 Å². The molecular formula is C63H110O6. The summed E-state index contributed by atoms with van der Waals surface area (Å²) in [5, 5.41) is 0. The maximum atomic E-state index is 12.8. The van der Waals surface area contributed by atoms with Crippen LogP contribution in [0.5, 0.6) is 0 Å². The summed E-state index contributed by atoms with van der Waals surface area (Å²) in [4.78, 5) is 38.1. The zero-order valence-electron chi connectivity index (χ0n) is 45.6. The van der Waals surface area contributed by atoms with Gasteiger partial charge in [-0.05, 0) is 83.5 Å². The molecule has 69 heavy (non-hydrogen) atoms. The second-order valence-corrected chi connectivity index (χ2v) is 19.5. The zero-order chi connectivity index (χ0) is 50.0. The lowest BCUT2D eigenvalue weighted by Crippen LogP contribution is -2.30. The fraction of sp³-hybridized carbons (Fsp3) is 0.762. The lowest BCUT2D eigenvalue weighted by Gasteiger charge is -2.18. The molecule has 0 fully saturated rings. The van der Waals surface area contributed by atoms with Gasteiger partial charge >= 0.3 is 17.9 Å². The molecule has 0 aromatic heterocycles.